The van der Waals surface area contributed by atoms with Crippen LogP contribution in [0.5, 0.6) is 0 Å². The molecule has 0 atom stereocenters. The van der Waals surface area contributed by atoms with Gasteiger partial charge in [-0.25, -0.2) is 10.8 Å². The number of thiophene rings is 1. The summed E-state index contributed by atoms with van der Waals surface area (Å²) in [6, 6.07) is 8.48. The average molecular weight is 299 g/mol. The van der Waals surface area contributed by atoms with Gasteiger partial charge in [-0.3, -0.25) is 5.43 Å². The molecule has 3 N–H and O–H groups in total. The molecular weight excluding hydrogens is 282 g/mol. The summed E-state index contributed by atoms with van der Waals surface area (Å²) in [6.45, 7) is 4.19. The van der Waals surface area contributed by atoms with Crippen LogP contribution in [0.1, 0.15) is 11.1 Å². The number of rotatable bonds is 3. The molecule has 0 saturated heterocycles. The van der Waals surface area contributed by atoms with E-state index in [0.29, 0.717) is 5.95 Å². The van der Waals surface area contributed by atoms with Crippen LogP contribution < -0.4 is 16.2 Å². The Balaban J connectivity index is 2.16. The highest BCUT2D eigenvalue weighted by Crippen LogP contribution is 2.32. The van der Waals surface area contributed by atoms with Crippen molar-refractivity contribution in [2.45, 2.75) is 13.8 Å². The van der Waals surface area contributed by atoms with Gasteiger partial charge in [0.15, 0.2) is 0 Å². The van der Waals surface area contributed by atoms with Gasteiger partial charge in [0.25, 0.3) is 0 Å². The Labute approximate surface area is 127 Å². The molecule has 0 aliphatic heterocycles. The standard InChI is InChI=1S/C15H17N5S/c1-9-6-10(2)8-11(7-9)20(3)13-12-4-5-21-14(12)18-15(17-13)19-16/h4-8H,16H2,1-3H3,(H,17,18,19). The Kier molecular flexibility index (Phi) is 3.48. The first-order valence-electron chi connectivity index (χ1n) is 6.62. The number of nitrogens with zero attached hydrogens (tertiary/aromatic N) is 3. The van der Waals surface area contributed by atoms with Gasteiger partial charge in [0.05, 0.1) is 5.39 Å². The van der Waals surface area contributed by atoms with E-state index in [4.69, 9.17) is 5.84 Å². The van der Waals surface area contributed by atoms with Crippen molar-refractivity contribution in [1.29, 1.82) is 0 Å². The number of nitrogens with two attached hydrogens (primary N) is 1. The Morgan fingerprint density at radius 2 is 1.86 bits per heavy atom. The molecule has 2 aromatic heterocycles. The van der Waals surface area contributed by atoms with Crippen molar-refractivity contribution in [3.05, 3.63) is 40.8 Å². The van der Waals surface area contributed by atoms with Crippen molar-refractivity contribution < 1.29 is 0 Å². The number of fused-ring (bicyclic) bond motifs is 1. The van der Waals surface area contributed by atoms with Gasteiger partial charge < -0.3 is 4.90 Å². The van der Waals surface area contributed by atoms with Crippen LogP contribution in [0, 0.1) is 13.8 Å². The molecule has 0 saturated carbocycles. The second-order valence-electron chi connectivity index (χ2n) is 5.06. The predicted octanol–water partition coefficient (Wildman–Crippen LogP) is 3.36. The molecule has 2 heterocycles. The molecule has 0 amide bonds. The van der Waals surface area contributed by atoms with E-state index in [2.05, 4.69) is 52.3 Å². The smallest absolute Gasteiger partial charge is 0.240 e. The molecular formula is C15H17N5S. The van der Waals surface area contributed by atoms with E-state index in [9.17, 15) is 0 Å². The zero-order chi connectivity index (χ0) is 15.0. The van der Waals surface area contributed by atoms with Gasteiger partial charge in [-0.05, 0) is 48.6 Å². The summed E-state index contributed by atoms with van der Waals surface area (Å²) in [7, 11) is 2.01. The molecule has 0 unspecified atom stereocenters. The van der Waals surface area contributed by atoms with Crippen LogP contribution in [0.3, 0.4) is 0 Å². The first-order valence-corrected chi connectivity index (χ1v) is 7.50. The fraction of sp³-hybridized carbons (Fsp3) is 0.200. The lowest BCUT2D eigenvalue weighted by atomic mass is 10.1. The van der Waals surface area contributed by atoms with E-state index < -0.39 is 0 Å². The normalized spacial score (nSPS) is 10.9. The molecule has 0 aliphatic carbocycles. The fourth-order valence-electron chi connectivity index (χ4n) is 2.43. The van der Waals surface area contributed by atoms with E-state index in [0.717, 1.165) is 21.7 Å². The molecule has 108 valence electrons. The van der Waals surface area contributed by atoms with Gasteiger partial charge >= 0.3 is 0 Å². The zero-order valence-electron chi connectivity index (χ0n) is 12.2. The maximum Gasteiger partial charge on any atom is 0.240 e. The van der Waals surface area contributed by atoms with Gasteiger partial charge in [0, 0.05) is 12.7 Å². The van der Waals surface area contributed by atoms with Crippen molar-refractivity contribution in [3.63, 3.8) is 0 Å². The monoisotopic (exact) mass is 299 g/mol. The van der Waals surface area contributed by atoms with Crippen LogP contribution in [0.4, 0.5) is 17.5 Å². The first-order chi connectivity index (χ1) is 10.1. The number of aromatic nitrogens is 2. The van der Waals surface area contributed by atoms with Crippen LogP contribution in [0.2, 0.25) is 0 Å². The van der Waals surface area contributed by atoms with Gasteiger partial charge in [-0.15, -0.1) is 11.3 Å². The third-order valence-electron chi connectivity index (χ3n) is 3.35. The second-order valence-corrected chi connectivity index (χ2v) is 5.95. The van der Waals surface area contributed by atoms with Gasteiger partial charge in [-0.1, -0.05) is 6.07 Å². The van der Waals surface area contributed by atoms with Crippen LogP contribution in [0.25, 0.3) is 10.2 Å². The van der Waals surface area contributed by atoms with E-state index in [1.54, 1.807) is 11.3 Å². The lowest BCUT2D eigenvalue weighted by Gasteiger charge is -2.20. The molecule has 3 aromatic rings. The number of nitrogen functional groups attached to an aromatic ring is 1. The molecule has 6 heteroatoms. The minimum absolute atomic E-state index is 0.427. The van der Waals surface area contributed by atoms with Crippen LogP contribution in [0.15, 0.2) is 29.6 Å². The quantitative estimate of drug-likeness (QED) is 0.573. The van der Waals surface area contributed by atoms with Gasteiger partial charge in [0.2, 0.25) is 5.95 Å². The maximum absolute atomic E-state index is 5.48. The summed E-state index contributed by atoms with van der Waals surface area (Å²) in [5, 5.41) is 3.04. The number of anilines is 3. The number of hydrazine groups is 1. The SMILES string of the molecule is Cc1cc(C)cc(N(C)c2nc(NN)nc3sccc23)c1. The summed E-state index contributed by atoms with van der Waals surface area (Å²) < 4.78 is 0. The Morgan fingerprint density at radius 3 is 2.52 bits per heavy atom. The first kappa shape index (κ1) is 13.8. The van der Waals surface area contributed by atoms with Crippen molar-refractivity contribution in [2.75, 3.05) is 17.4 Å². The maximum atomic E-state index is 5.48. The Hall–Kier alpha value is -2.18. The van der Waals surface area contributed by atoms with Crippen molar-refractivity contribution >= 4 is 39.0 Å². The third-order valence-corrected chi connectivity index (χ3v) is 4.15. The van der Waals surface area contributed by atoms with E-state index in [-0.39, 0.29) is 0 Å². The minimum Gasteiger partial charge on any atom is -0.329 e. The zero-order valence-corrected chi connectivity index (χ0v) is 13.0. The van der Waals surface area contributed by atoms with E-state index in [1.807, 2.05) is 18.5 Å². The number of aryl methyl sites for hydroxylation is 2. The molecule has 21 heavy (non-hydrogen) atoms. The van der Waals surface area contributed by atoms with Crippen LogP contribution in [-0.2, 0) is 0 Å². The van der Waals surface area contributed by atoms with Crippen molar-refractivity contribution in [3.8, 4) is 0 Å². The highest BCUT2D eigenvalue weighted by Gasteiger charge is 2.14. The summed E-state index contributed by atoms with van der Waals surface area (Å²) in [6.07, 6.45) is 0. The van der Waals surface area contributed by atoms with Crippen LogP contribution >= 0.6 is 11.3 Å². The predicted molar refractivity (Wildman–Crippen MR) is 89.2 cm³/mol. The molecule has 0 aliphatic rings. The summed E-state index contributed by atoms with van der Waals surface area (Å²) in [5.41, 5.74) is 6.09. The van der Waals surface area contributed by atoms with Crippen LogP contribution in [-0.4, -0.2) is 17.0 Å². The topological polar surface area (TPSA) is 67.1 Å². The number of nitrogens with one attached hydrogen (secondary N) is 1. The number of benzene rings is 1. The molecule has 3 rings (SSSR count). The highest BCUT2D eigenvalue weighted by molar-refractivity contribution is 7.16. The third kappa shape index (κ3) is 2.55. The summed E-state index contributed by atoms with van der Waals surface area (Å²) in [5.74, 6) is 6.75. The lowest BCUT2D eigenvalue weighted by molar-refractivity contribution is 1.09. The van der Waals surface area contributed by atoms with E-state index >= 15 is 0 Å². The van der Waals surface area contributed by atoms with Gasteiger partial charge in [-0.2, -0.15) is 4.98 Å². The Morgan fingerprint density at radius 1 is 1.14 bits per heavy atom. The molecule has 1 aromatic carbocycles. The molecule has 5 nitrogen and oxygen atoms in total. The molecule has 0 fully saturated rings. The fourth-order valence-corrected chi connectivity index (χ4v) is 3.19. The molecule has 0 radical (unpaired) electrons. The second kappa shape index (κ2) is 5.31. The van der Waals surface area contributed by atoms with Gasteiger partial charge in [0.1, 0.15) is 10.6 Å². The number of hydrogen-bond acceptors (Lipinski definition) is 6. The molecule has 0 spiro atoms. The molecule has 0 bridgehead atoms. The average Bonchev–Trinajstić information content (AvgIpc) is 2.92. The highest BCUT2D eigenvalue weighted by atomic mass is 32.1. The van der Waals surface area contributed by atoms with Crippen molar-refractivity contribution in [2.24, 2.45) is 5.84 Å². The summed E-state index contributed by atoms with van der Waals surface area (Å²) in [4.78, 5) is 11.9. The van der Waals surface area contributed by atoms with E-state index in [1.165, 1.54) is 11.1 Å². The van der Waals surface area contributed by atoms with Crippen molar-refractivity contribution in [1.82, 2.24) is 9.97 Å². The largest absolute Gasteiger partial charge is 0.329 e. The lowest BCUT2D eigenvalue weighted by Crippen LogP contribution is -2.16. The number of hydrogen-bond donors (Lipinski definition) is 2. The minimum atomic E-state index is 0.427. The Bertz CT molecular complexity index is 776. The summed E-state index contributed by atoms with van der Waals surface area (Å²) >= 11 is 1.58.